The number of ether oxygens (including phenoxy) is 4. The standard InChI is InChI=1S/C19H38N4O10/c1-4(20)14-12(28)13(29)19(30-14)33-17-9(25)6(21)3-7(22)16(17)32-18-8(23)10(26)11(27)15(31-18)5(2)24/h4-19,24-29H,3,20-23H2,1-2H3/t4-,5+,6+,7-,8+,9-,10+,11-,12-,13+,14+,15+,16-,17+,18+,19-/m0/s1. The Labute approximate surface area is 191 Å². The maximum absolute atomic E-state index is 10.7. The van der Waals surface area contributed by atoms with Crippen molar-refractivity contribution < 1.29 is 49.6 Å². The average Bonchev–Trinajstić information content (AvgIpc) is 3.02. The number of aliphatic hydroxyl groups excluding tert-OH is 6. The molecule has 0 amide bonds. The van der Waals surface area contributed by atoms with Crippen molar-refractivity contribution in [3.05, 3.63) is 0 Å². The van der Waals surface area contributed by atoms with Gasteiger partial charge in [0.25, 0.3) is 0 Å². The Balaban J connectivity index is 1.80. The third-order valence-corrected chi connectivity index (χ3v) is 6.58. The molecule has 1 aliphatic carbocycles. The molecule has 3 aliphatic rings. The highest BCUT2D eigenvalue weighted by Gasteiger charge is 2.52. The lowest BCUT2D eigenvalue weighted by atomic mass is 9.84. The third-order valence-electron chi connectivity index (χ3n) is 6.58. The largest absolute Gasteiger partial charge is 0.391 e. The summed E-state index contributed by atoms with van der Waals surface area (Å²) in [6.45, 7) is 2.96. The minimum absolute atomic E-state index is 0.137. The van der Waals surface area contributed by atoms with E-state index in [0.29, 0.717) is 0 Å². The fourth-order valence-electron chi connectivity index (χ4n) is 4.57. The highest BCUT2D eigenvalue weighted by molar-refractivity contribution is 5.02. The van der Waals surface area contributed by atoms with Crippen LogP contribution in [-0.2, 0) is 18.9 Å². The summed E-state index contributed by atoms with van der Waals surface area (Å²) < 4.78 is 22.9. The molecular formula is C19H38N4O10. The second-order valence-electron chi connectivity index (χ2n) is 9.33. The van der Waals surface area contributed by atoms with Crippen LogP contribution >= 0.6 is 0 Å². The van der Waals surface area contributed by atoms with Crippen molar-refractivity contribution in [3.8, 4) is 0 Å². The highest BCUT2D eigenvalue weighted by Crippen LogP contribution is 2.32. The zero-order valence-corrected chi connectivity index (χ0v) is 18.6. The first-order valence-electron chi connectivity index (χ1n) is 11.1. The molecule has 2 saturated heterocycles. The minimum Gasteiger partial charge on any atom is -0.391 e. The van der Waals surface area contributed by atoms with Gasteiger partial charge in [-0.25, -0.2) is 0 Å². The number of rotatable bonds is 6. The molecule has 14 nitrogen and oxygen atoms in total. The molecule has 2 heterocycles. The Morgan fingerprint density at radius 1 is 0.727 bits per heavy atom. The van der Waals surface area contributed by atoms with Crippen LogP contribution in [-0.4, -0.2) is 128 Å². The lowest BCUT2D eigenvalue weighted by Gasteiger charge is -2.47. The van der Waals surface area contributed by atoms with Crippen molar-refractivity contribution in [2.24, 2.45) is 22.9 Å². The maximum Gasteiger partial charge on any atom is 0.187 e. The van der Waals surface area contributed by atoms with Crippen molar-refractivity contribution >= 4 is 0 Å². The quantitative estimate of drug-likeness (QED) is 0.169. The molecule has 0 unspecified atom stereocenters. The number of hydrogen-bond acceptors (Lipinski definition) is 14. The summed E-state index contributed by atoms with van der Waals surface area (Å²) in [7, 11) is 0. The van der Waals surface area contributed by atoms with Gasteiger partial charge >= 0.3 is 0 Å². The van der Waals surface area contributed by atoms with Crippen LogP contribution in [0.5, 0.6) is 0 Å². The molecule has 0 bridgehead atoms. The maximum atomic E-state index is 10.7. The summed E-state index contributed by atoms with van der Waals surface area (Å²) in [5.74, 6) is 0. The van der Waals surface area contributed by atoms with Gasteiger partial charge in [0.05, 0.1) is 18.2 Å². The van der Waals surface area contributed by atoms with Crippen LogP contribution < -0.4 is 22.9 Å². The summed E-state index contributed by atoms with van der Waals surface area (Å²) in [6, 6.07) is -3.41. The Morgan fingerprint density at radius 2 is 1.27 bits per heavy atom. The topological polar surface area (TPSA) is 262 Å². The fraction of sp³-hybridized carbons (Fsp3) is 1.00. The monoisotopic (exact) mass is 482 g/mol. The Kier molecular flexibility index (Phi) is 8.68. The van der Waals surface area contributed by atoms with E-state index in [1.54, 1.807) is 6.92 Å². The van der Waals surface area contributed by atoms with Gasteiger partial charge in [-0.1, -0.05) is 0 Å². The van der Waals surface area contributed by atoms with E-state index in [4.69, 9.17) is 41.9 Å². The molecule has 14 N–H and O–H groups in total. The molecule has 14 heteroatoms. The molecule has 3 fully saturated rings. The molecule has 0 aromatic heterocycles. The number of hydrogen-bond donors (Lipinski definition) is 10. The summed E-state index contributed by atoms with van der Waals surface area (Å²) in [6.07, 6.45) is -15.2. The van der Waals surface area contributed by atoms with Gasteiger partial charge in [0.15, 0.2) is 12.6 Å². The van der Waals surface area contributed by atoms with Gasteiger partial charge in [-0.3, -0.25) is 0 Å². The van der Waals surface area contributed by atoms with Crippen LogP contribution in [0.2, 0.25) is 0 Å². The van der Waals surface area contributed by atoms with Crippen LogP contribution in [0.4, 0.5) is 0 Å². The van der Waals surface area contributed by atoms with Gasteiger partial charge in [-0.15, -0.1) is 0 Å². The van der Waals surface area contributed by atoms with Gasteiger partial charge in [0.1, 0.15) is 48.8 Å². The Morgan fingerprint density at radius 3 is 1.82 bits per heavy atom. The molecular weight excluding hydrogens is 444 g/mol. The van der Waals surface area contributed by atoms with E-state index < -0.39 is 97.8 Å². The van der Waals surface area contributed by atoms with Crippen molar-refractivity contribution in [1.29, 1.82) is 0 Å². The molecule has 3 rings (SSSR count). The molecule has 2 aliphatic heterocycles. The van der Waals surface area contributed by atoms with Crippen LogP contribution in [0.1, 0.15) is 20.3 Å². The van der Waals surface area contributed by atoms with Gasteiger partial charge < -0.3 is 72.5 Å². The predicted molar refractivity (Wildman–Crippen MR) is 111 cm³/mol. The second-order valence-corrected chi connectivity index (χ2v) is 9.33. The van der Waals surface area contributed by atoms with Gasteiger partial charge in [-0.05, 0) is 20.3 Å². The molecule has 33 heavy (non-hydrogen) atoms. The smallest absolute Gasteiger partial charge is 0.187 e. The van der Waals surface area contributed by atoms with E-state index in [2.05, 4.69) is 0 Å². The zero-order chi connectivity index (χ0) is 24.8. The summed E-state index contributed by atoms with van der Waals surface area (Å²) in [5.41, 5.74) is 24.0. The van der Waals surface area contributed by atoms with E-state index >= 15 is 0 Å². The molecule has 0 aromatic carbocycles. The zero-order valence-electron chi connectivity index (χ0n) is 18.6. The minimum atomic E-state index is -1.48. The third kappa shape index (κ3) is 5.34. The molecule has 0 radical (unpaired) electrons. The lowest BCUT2D eigenvalue weighted by Crippen LogP contribution is -2.68. The average molecular weight is 483 g/mol. The Bertz CT molecular complexity index is 648. The van der Waals surface area contributed by atoms with E-state index in [9.17, 15) is 30.6 Å². The van der Waals surface area contributed by atoms with Crippen LogP contribution in [0.25, 0.3) is 0 Å². The first-order valence-corrected chi connectivity index (χ1v) is 11.1. The lowest BCUT2D eigenvalue weighted by molar-refractivity contribution is -0.315. The van der Waals surface area contributed by atoms with Crippen molar-refractivity contribution in [2.45, 2.75) is 118 Å². The van der Waals surface area contributed by atoms with E-state index in [1.165, 1.54) is 6.92 Å². The van der Waals surface area contributed by atoms with Crippen molar-refractivity contribution in [1.82, 2.24) is 0 Å². The first kappa shape index (κ1) is 27.0. The molecule has 1 saturated carbocycles. The SMILES string of the molecule is C[C@H](N)[C@H]1O[C@@H](O[C@@H]2[C@@H](O)[C@H](N)C[C@H](N)[C@@H]2O[C@H]2O[C@H]([C@@H](C)O)[C@@H](O)[C@H](O)[C@H]2N)[C@H](O)[C@@H]1O. The van der Waals surface area contributed by atoms with Gasteiger partial charge in [0.2, 0.25) is 0 Å². The van der Waals surface area contributed by atoms with Crippen LogP contribution in [0, 0.1) is 0 Å². The van der Waals surface area contributed by atoms with E-state index in [1.807, 2.05) is 0 Å². The van der Waals surface area contributed by atoms with Crippen molar-refractivity contribution in [2.75, 3.05) is 0 Å². The van der Waals surface area contributed by atoms with Gasteiger partial charge in [0, 0.05) is 18.1 Å². The number of nitrogens with two attached hydrogens (primary N) is 4. The fourth-order valence-corrected chi connectivity index (χ4v) is 4.57. The van der Waals surface area contributed by atoms with Gasteiger partial charge in [-0.2, -0.15) is 0 Å². The predicted octanol–water partition coefficient (Wildman–Crippen LogP) is -5.88. The normalized spacial score (nSPS) is 53.1. The second kappa shape index (κ2) is 10.6. The molecule has 0 spiro atoms. The van der Waals surface area contributed by atoms with Crippen LogP contribution in [0.3, 0.4) is 0 Å². The van der Waals surface area contributed by atoms with E-state index in [0.717, 1.165) is 0 Å². The first-order chi connectivity index (χ1) is 15.3. The highest BCUT2D eigenvalue weighted by atomic mass is 16.7. The summed E-state index contributed by atoms with van der Waals surface area (Å²) in [5, 5.41) is 61.6. The summed E-state index contributed by atoms with van der Waals surface area (Å²) in [4.78, 5) is 0. The molecule has 194 valence electrons. The molecule has 0 aromatic rings. The van der Waals surface area contributed by atoms with E-state index in [-0.39, 0.29) is 6.42 Å². The van der Waals surface area contributed by atoms with Crippen LogP contribution in [0.15, 0.2) is 0 Å². The molecule has 16 atom stereocenters. The summed E-state index contributed by atoms with van der Waals surface area (Å²) >= 11 is 0. The number of aliphatic hydroxyl groups is 6. The van der Waals surface area contributed by atoms with Crippen molar-refractivity contribution in [3.63, 3.8) is 0 Å². The Hall–Kier alpha value is -0.560.